The Balaban J connectivity index is 1.74. The normalized spacial score (nSPS) is 15.3. The highest BCUT2D eigenvalue weighted by Gasteiger charge is 2.29. The van der Waals surface area contributed by atoms with Crippen LogP contribution in [0.2, 0.25) is 0 Å². The second-order valence-corrected chi connectivity index (χ2v) is 10.9. The molecule has 0 aliphatic carbocycles. The van der Waals surface area contributed by atoms with E-state index < -0.39 is 20.3 Å². The van der Waals surface area contributed by atoms with E-state index in [4.69, 9.17) is 4.55 Å². The van der Waals surface area contributed by atoms with E-state index in [-0.39, 0.29) is 43.4 Å². The lowest BCUT2D eigenvalue weighted by Crippen LogP contribution is -2.41. The topological polar surface area (TPSA) is 118 Å². The molecule has 0 saturated carbocycles. The van der Waals surface area contributed by atoms with Crippen LogP contribution in [0.5, 0.6) is 0 Å². The van der Waals surface area contributed by atoms with Gasteiger partial charge in [0, 0.05) is 30.1 Å². The summed E-state index contributed by atoms with van der Waals surface area (Å²) in [5, 5.41) is 10.9. The van der Waals surface area contributed by atoms with Gasteiger partial charge >= 0.3 is 0 Å². The smallest absolute Gasteiger partial charge is 0.283 e. The summed E-state index contributed by atoms with van der Waals surface area (Å²) in [7, 11) is -4.10. The van der Waals surface area contributed by atoms with E-state index in [0.717, 1.165) is 10.5 Å². The number of carbonyl (C=O) groups excluding carboxylic acids is 1. The molecule has 1 N–H and O–H groups in total. The fraction of sp³-hybridized carbons (Fsp3) is 0.348. The fourth-order valence-corrected chi connectivity index (χ4v) is 5.67. The lowest BCUT2D eigenvalue weighted by Gasteiger charge is -2.29. The molecule has 8 nitrogen and oxygen atoms in total. The lowest BCUT2D eigenvalue weighted by molar-refractivity contribution is -0.387. The van der Waals surface area contributed by atoms with Crippen LogP contribution in [0.4, 0.5) is 5.69 Å². The van der Waals surface area contributed by atoms with Gasteiger partial charge in [-0.25, -0.2) is 0 Å². The van der Waals surface area contributed by atoms with Gasteiger partial charge in [0.25, 0.3) is 15.8 Å². The van der Waals surface area contributed by atoms with Gasteiger partial charge in [-0.2, -0.15) is 8.42 Å². The number of rotatable bonds is 7. The molecule has 1 aliphatic heterocycles. The molecule has 2 aromatic carbocycles. The SMILES string of the molecule is CC(C)c1ccccc1Sc1ccc(/C=C/C(=O)N2CCC(S(=O)(=O)O)CC2)cc1[N+](=O)[O-]. The molecule has 0 radical (unpaired) electrons. The summed E-state index contributed by atoms with van der Waals surface area (Å²) < 4.78 is 31.6. The first-order valence-corrected chi connectivity index (χ1v) is 12.9. The van der Waals surface area contributed by atoms with E-state index in [1.807, 2.05) is 24.3 Å². The molecule has 2 aromatic rings. The predicted octanol–water partition coefficient (Wildman–Crippen LogP) is 4.76. The zero-order valence-electron chi connectivity index (χ0n) is 18.4. The number of piperidine rings is 1. The predicted molar refractivity (Wildman–Crippen MR) is 128 cm³/mol. The molecule has 1 heterocycles. The Bertz CT molecular complexity index is 1170. The highest BCUT2D eigenvalue weighted by Crippen LogP contribution is 2.39. The Morgan fingerprint density at radius 1 is 1.18 bits per heavy atom. The van der Waals surface area contributed by atoms with E-state index in [0.29, 0.717) is 10.5 Å². The molecule has 0 spiro atoms. The molecule has 10 heteroatoms. The van der Waals surface area contributed by atoms with Crippen molar-refractivity contribution in [3.05, 3.63) is 69.8 Å². The fourth-order valence-electron chi connectivity index (χ4n) is 3.68. The van der Waals surface area contributed by atoms with E-state index in [1.165, 1.54) is 34.9 Å². The van der Waals surface area contributed by atoms with Crippen LogP contribution in [0.15, 0.2) is 58.3 Å². The third-order valence-electron chi connectivity index (χ3n) is 5.53. The van der Waals surface area contributed by atoms with Crippen molar-refractivity contribution < 1.29 is 22.7 Å². The monoisotopic (exact) mass is 490 g/mol. The van der Waals surface area contributed by atoms with Crippen molar-refractivity contribution in [2.75, 3.05) is 13.1 Å². The van der Waals surface area contributed by atoms with Crippen LogP contribution < -0.4 is 0 Å². The van der Waals surface area contributed by atoms with Crippen molar-refractivity contribution in [1.82, 2.24) is 4.90 Å². The Labute approximate surface area is 197 Å². The molecule has 0 aromatic heterocycles. The number of benzene rings is 2. The molecular weight excluding hydrogens is 464 g/mol. The number of hydrogen-bond donors (Lipinski definition) is 1. The average Bonchev–Trinajstić information content (AvgIpc) is 2.77. The highest BCUT2D eigenvalue weighted by molar-refractivity contribution is 7.99. The van der Waals surface area contributed by atoms with Crippen LogP contribution in [-0.4, -0.2) is 47.0 Å². The number of hydrogen-bond acceptors (Lipinski definition) is 6. The first-order valence-electron chi connectivity index (χ1n) is 10.5. The van der Waals surface area contributed by atoms with Crippen LogP contribution in [0.25, 0.3) is 6.08 Å². The number of likely N-dealkylation sites (tertiary alicyclic amines) is 1. The summed E-state index contributed by atoms with van der Waals surface area (Å²) in [6.45, 7) is 4.59. The maximum Gasteiger partial charge on any atom is 0.283 e. The zero-order chi connectivity index (χ0) is 24.2. The lowest BCUT2D eigenvalue weighted by atomic mass is 10.0. The minimum absolute atomic E-state index is 0.0397. The molecule has 1 amide bonds. The minimum atomic E-state index is -4.10. The highest BCUT2D eigenvalue weighted by atomic mass is 32.2. The van der Waals surface area contributed by atoms with E-state index in [2.05, 4.69) is 13.8 Å². The number of nitrogens with zero attached hydrogens (tertiary/aromatic N) is 2. The molecule has 0 bridgehead atoms. The van der Waals surface area contributed by atoms with E-state index in [9.17, 15) is 23.3 Å². The van der Waals surface area contributed by atoms with Crippen LogP contribution in [0, 0.1) is 10.1 Å². The number of amides is 1. The van der Waals surface area contributed by atoms with Crippen molar-refractivity contribution in [1.29, 1.82) is 0 Å². The molecule has 1 saturated heterocycles. The Morgan fingerprint density at radius 2 is 1.85 bits per heavy atom. The third-order valence-corrected chi connectivity index (χ3v) is 8.00. The summed E-state index contributed by atoms with van der Waals surface area (Å²) in [4.78, 5) is 26.7. The molecule has 176 valence electrons. The van der Waals surface area contributed by atoms with Gasteiger partial charge in [0.1, 0.15) is 0 Å². The van der Waals surface area contributed by atoms with E-state index >= 15 is 0 Å². The van der Waals surface area contributed by atoms with Gasteiger partial charge in [-0.3, -0.25) is 19.5 Å². The van der Waals surface area contributed by atoms with E-state index in [1.54, 1.807) is 12.1 Å². The maximum absolute atomic E-state index is 12.4. The molecule has 1 aliphatic rings. The molecule has 3 rings (SSSR count). The van der Waals surface area contributed by atoms with Crippen molar-refractivity contribution in [3.63, 3.8) is 0 Å². The Morgan fingerprint density at radius 3 is 2.45 bits per heavy atom. The first-order chi connectivity index (χ1) is 15.6. The summed E-state index contributed by atoms with van der Waals surface area (Å²) in [5.41, 5.74) is 1.59. The Hall–Kier alpha value is -2.69. The van der Waals surface area contributed by atoms with Crippen LogP contribution >= 0.6 is 11.8 Å². The molecule has 0 atom stereocenters. The second-order valence-electron chi connectivity index (χ2n) is 8.15. The van der Waals surface area contributed by atoms with Crippen LogP contribution in [-0.2, 0) is 14.9 Å². The van der Waals surface area contributed by atoms with Gasteiger partial charge in [0.2, 0.25) is 5.91 Å². The van der Waals surface area contributed by atoms with Gasteiger partial charge in [0.15, 0.2) is 0 Å². The summed E-state index contributed by atoms with van der Waals surface area (Å²) in [6, 6.07) is 12.7. The maximum atomic E-state index is 12.4. The van der Waals surface area contributed by atoms with Gasteiger partial charge < -0.3 is 4.90 Å². The van der Waals surface area contributed by atoms with Crippen LogP contribution in [0.1, 0.15) is 43.7 Å². The molecular formula is C23H26N2O6S2. The number of carbonyl (C=O) groups is 1. The van der Waals surface area contributed by atoms with Gasteiger partial charge in [-0.15, -0.1) is 0 Å². The van der Waals surface area contributed by atoms with Crippen molar-refractivity contribution >= 4 is 39.6 Å². The quantitative estimate of drug-likeness (QED) is 0.257. The zero-order valence-corrected chi connectivity index (χ0v) is 20.0. The van der Waals surface area contributed by atoms with Gasteiger partial charge in [-0.1, -0.05) is 49.9 Å². The first kappa shape index (κ1) is 24.9. The summed E-state index contributed by atoms with van der Waals surface area (Å²) >= 11 is 1.34. The number of nitro groups is 1. The van der Waals surface area contributed by atoms with Crippen molar-refractivity contribution in [3.8, 4) is 0 Å². The molecule has 1 fully saturated rings. The second kappa shape index (κ2) is 10.5. The number of nitro benzene ring substituents is 1. The standard InChI is InChI=1S/C23H26N2O6S2/c1-16(2)19-5-3-4-6-21(19)32-22-9-7-17(15-20(22)25(27)28)8-10-23(26)24-13-11-18(12-14-24)33(29,30)31/h3-10,15-16,18H,11-14H2,1-2H3,(H,29,30,31)/b10-8+. The van der Waals surface area contributed by atoms with Gasteiger partial charge in [-0.05, 0) is 48.1 Å². The Kier molecular flexibility index (Phi) is 7.93. The summed E-state index contributed by atoms with van der Waals surface area (Å²) in [6.07, 6.45) is 3.19. The minimum Gasteiger partial charge on any atom is -0.339 e. The average molecular weight is 491 g/mol. The largest absolute Gasteiger partial charge is 0.339 e. The van der Waals surface area contributed by atoms with Crippen molar-refractivity contribution in [2.24, 2.45) is 0 Å². The van der Waals surface area contributed by atoms with Gasteiger partial charge in [0.05, 0.1) is 15.1 Å². The molecule has 0 unspecified atom stereocenters. The third kappa shape index (κ3) is 6.43. The summed E-state index contributed by atoms with van der Waals surface area (Å²) in [5.74, 6) is -0.0284. The molecule has 33 heavy (non-hydrogen) atoms. The van der Waals surface area contributed by atoms with Crippen molar-refractivity contribution in [2.45, 2.75) is 47.6 Å². The van der Waals surface area contributed by atoms with Crippen LogP contribution in [0.3, 0.4) is 0 Å².